The number of hydrogen-bond donors (Lipinski definition) is 2. The van der Waals surface area contributed by atoms with E-state index in [1.807, 2.05) is 20.8 Å². The third kappa shape index (κ3) is 4.69. The van der Waals surface area contributed by atoms with Gasteiger partial charge in [-0.05, 0) is 43.5 Å². The maximum Gasteiger partial charge on any atom is 0.241 e. The fourth-order valence-corrected chi connectivity index (χ4v) is 3.56. The highest BCUT2D eigenvalue weighted by Gasteiger charge is 2.30. The van der Waals surface area contributed by atoms with Gasteiger partial charge in [0.2, 0.25) is 10.0 Å². The minimum atomic E-state index is -3.58. The van der Waals surface area contributed by atoms with E-state index in [-0.39, 0.29) is 11.4 Å². The van der Waals surface area contributed by atoms with Crippen molar-refractivity contribution >= 4 is 10.0 Å². The average Bonchev–Trinajstić information content (AvgIpc) is 2.51. The maximum atomic E-state index is 12.4. The van der Waals surface area contributed by atoms with E-state index in [0.717, 1.165) is 6.42 Å². The Kier molecular flexibility index (Phi) is 6.64. The summed E-state index contributed by atoms with van der Waals surface area (Å²) in [7, 11) is -3.58. The van der Waals surface area contributed by atoms with Gasteiger partial charge in [-0.25, -0.2) is 13.1 Å². The van der Waals surface area contributed by atoms with Crippen molar-refractivity contribution < 1.29 is 13.2 Å². The van der Waals surface area contributed by atoms with Gasteiger partial charge in [-0.15, -0.1) is 0 Å². The van der Waals surface area contributed by atoms with Gasteiger partial charge in [-0.1, -0.05) is 20.8 Å². The molecule has 0 aliphatic heterocycles. The van der Waals surface area contributed by atoms with Crippen LogP contribution in [-0.4, -0.2) is 27.1 Å². The summed E-state index contributed by atoms with van der Waals surface area (Å²) in [6, 6.07) is 6.46. The van der Waals surface area contributed by atoms with Crippen molar-refractivity contribution in [2.75, 3.05) is 13.2 Å². The molecule has 0 saturated heterocycles. The van der Waals surface area contributed by atoms with Crippen LogP contribution in [0.3, 0.4) is 0 Å². The monoisotopic (exact) mass is 314 g/mol. The normalized spacial score (nSPS) is 12.4. The Morgan fingerprint density at radius 2 is 1.71 bits per heavy atom. The van der Waals surface area contributed by atoms with Crippen molar-refractivity contribution in [2.24, 2.45) is 5.73 Å². The highest BCUT2D eigenvalue weighted by Crippen LogP contribution is 2.20. The number of sulfonamides is 1. The van der Waals surface area contributed by atoms with Crippen molar-refractivity contribution in [2.45, 2.75) is 50.5 Å². The SMILES string of the molecule is CCCOc1ccc(S(=O)(=O)NC(CC)(CC)CN)cc1. The highest BCUT2D eigenvalue weighted by atomic mass is 32.2. The smallest absolute Gasteiger partial charge is 0.241 e. The van der Waals surface area contributed by atoms with Crippen molar-refractivity contribution in [1.82, 2.24) is 4.72 Å². The summed E-state index contributed by atoms with van der Waals surface area (Å²) in [5.74, 6) is 0.673. The first kappa shape index (κ1) is 17.9. The minimum absolute atomic E-state index is 0.228. The maximum absolute atomic E-state index is 12.4. The molecule has 0 spiro atoms. The molecule has 0 bridgehead atoms. The van der Waals surface area contributed by atoms with Crippen LogP contribution in [0.1, 0.15) is 40.0 Å². The van der Waals surface area contributed by atoms with Crippen LogP contribution in [0.25, 0.3) is 0 Å². The number of ether oxygens (including phenoxy) is 1. The first-order valence-electron chi connectivity index (χ1n) is 7.40. The van der Waals surface area contributed by atoms with E-state index in [0.29, 0.717) is 25.2 Å². The summed E-state index contributed by atoms with van der Waals surface area (Å²) in [5, 5.41) is 0. The Balaban J connectivity index is 2.92. The molecular weight excluding hydrogens is 288 g/mol. The van der Waals surface area contributed by atoms with Gasteiger partial charge in [-0.3, -0.25) is 0 Å². The zero-order valence-electron chi connectivity index (χ0n) is 13.1. The lowest BCUT2D eigenvalue weighted by atomic mass is 9.95. The summed E-state index contributed by atoms with van der Waals surface area (Å²) in [6.07, 6.45) is 2.21. The lowest BCUT2D eigenvalue weighted by Crippen LogP contribution is -2.52. The number of hydrogen-bond acceptors (Lipinski definition) is 4. The number of benzene rings is 1. The van der Waals surface area contributed by atoms with Crippen LogP contribution >= 0.6 is 0 Å². The Labute approximate surface area is 127 Å². The lowest BCUT2D eigenvalue weighted by Gasteiger charge is -2.31. The fraction of sp³-hybridized carbons (Fsp3) is 0.600. The van der Waals surface area contributed by atoms with Crippen LogP contribution in [0.2, 0.25) is 0 Å². The van der Waals surface area contributed by atoms with Gasteiger partial charge in [0.25, 0.3) is 0 Å². The summed E-state index contributed by atoms with van der Waals surface area (Å²) in [5.41, 5.74) is 5.16. The summed E-state index contributed by atoms with van der Waals surface area (Å²) >= 11 is 0. The second-order valence-electron chi connectivity index (χ2n) is 5.12. The minimum Gasteiger partial charge on any atom is -0.494 e. The van der Waals surface area contributed by atoms with E-state index < -0.39 is 15.6 Å². The zero-order valence-corrected chi connectivity index (χ0v) is 13.9. The average molecular weight is 314 g/mol. The molecule has 0 heterocycles. The molecule has 0 aliphatic rings. The molecule has 3 N–H and O–H groups in total. The molecule has 21 heavy (non-hydrogen) atoms. The molecule has 0 amide bonds. The third-order valence-electron chi connectivity index (χ3n) is 3.70. The van der Waals surface area contributed by atoms with Gasteiger partial charge in [0.1, 0.15) is 5.75 Å². The molecule has 120 valence electrons. The molecule has 0 atom stereocenters. The van der Waals surface area contributed by atoms with Gasteiger partial charge < -0.3 is 10.5 Å². The van der Waals surface area contributed by atoms with Gasteiger partial charge in [0.15, 0.2) is 0 Å². The first-order chi connectivity index (χ1) is 9.93. The van der Waals surface area contributed by atoms with E-state index in [1.165, 1.54) is 0 Å². The van der Waals surface area contributed by atoms with Crippen LogP contribution < -0.4 is 15.2 Å². The van der Waals surface area contributed by atoms with E-state index in [9.17, 15) is 8.42 Å². The predicted molar refractivity (Wildman–Crippen MR) is 84.9 cm³/mol. The molecule has 5 nitrogen and oxygen atoms in total. The molecule has 1 aromatic rings. The van der Waals surface area contributed by atoms with Crippen molar-refractivity contribution in [3.05, 3.63) is 24.3 Å². The Hall–Kier alpha value is -1.11. The molecule has 0 unspecified atom stereocenters. The number of nitrogens with two attached hydrogens (primary N) is 1. The van der Waals surface area contributed by atoms with Gasteiger partial charge in [0, 0.05) is 12.1 Å². The highest BCUT2D eigenvalue weighted by molar-refractivity contribution is 7.89. The van der Waals surface area contributed by atoms with E-state index in [2.05, 4.69) is 4.72 Å². The van der Waals surface area contributed by atoms with Gasteiger partial charge in [-0.2, -0.15) is 0 Å². The molecule has 0 aliphatic carbocycles. The Morgan fingerprint density at radius 1 is 1.14 bits per heavy atom. The zero-order chi connectivity index (χ0) is 15.9. The summed E-state index contributed by atoms with van der Waals surface area (Å²) in [6.45, 7) is 6.77. The van der Waals surface area contributed by atoms with Crippen LogP contribution in [0.5, 0.6) is 5.75 Å². The van der Waals surface area contributed by atoms with Crippen LogP contribution in [-0.2, 0) is 10.0 Å². The van der Waals surface area contributed by atoms with Crippen LogP contribution in [0, 0.1) is 0 Å². The van der Waals surface area contributed by atoms with E-state index in [4.69, 9.17) is 10.5 Å². The molecule has 0 aromatic heterocycles. The molecule has 1 aromatic carbocycles. The number of nitrogens with one attached hydrogen (secondary N) is 1. The fourth-order valence-electron chi connectivity index (χ4n) is 2.00. The molecule has 6 heteroatoms. The summed E-state index contributed by atoms with van der Waals surface area (Å²) in [4.78, 5) is 0.228. The van der Waals surface area contributed by atoms with E-state index in [1.54, 1.807) is 24.3 Å². The first-order valence-corrected chi connectivity index (χ1v) is 8.88. The largest absolute Gasteiger partial charge is 0.494 e. The second-order valence-corrected chi connectivity index (χ2v) is 6.80. The third-order valence-corrected chi connectivity index (χ3v) is 5.30. The Bertz CT molecular complexity index is 514. The Morgan fingerprint density at radius 3 is 2.14 bits per heavy atom. The standard InChI is InChI=1S/C15H26N2O3S/c1-4-11-20-13-7-9-14(10-8-13)21(18,19)17-15(5-2,6-3)12-16/h7-10,17H,4-6,11-12,16H2,1-3H3. The van der Waals surface area contributed by atoms with Crippen molar-refractivity contribution in [1.29, 1.82) is 0 Å². The van der Waals surface area contributed by atoms with Gasteiger partial charge in [0.05, 0.1) is 11.5 Å². The van der Waals surface area contributed by atoms with Gasteiger partial charge >= 0.3 is 0 Å². The topological polar surface area (TPSA) is 81.4 Å². The molecular formula is C15H26N2O3S. The predicted octanol–water partition coefficient (Wildman–Crippen LogP) is 2.27. The molecule has 1 rings (SSSR count). The van der Waals surface area contributed by atoms with Crippen molar-refractivity contribution in [3.63, 3.8) is 0 Å². The summed E-state index contributed by atoms with van der Waals surface area (Å²) < 4.78 is 33.1. The van der Waals surface area contributed by atoms with Crippen LogP contribution in [0.15, 0.2) is 29.2 Å². The van der Waals surface area contributed by atoms with E-state index >= 15 is 0 Å². The molecule has 0 radical (unpaired) electrons. The molecule has 0 fully saturated rings. The lowest BCUT2D eigenvalue weighted by molar-refractivity contribution is 0.317. The number of rotatable bonds is 9. The second kappa shape index (κ2) is 7.77. The molecule has 0 saturated carbocycles. The van der Waals surface area contributed by atoms with Crippen molar-refractivity contribution in [3.8, 4) is 5.75 Å². The quantitative estimate of drug-likeness (QED) is 0.732. The van der Waals surface area contributed by atoms with Crippen LogP contribution in [0.4, 0.5) is 0 Å².